The predicted octanol–water partition coefficient (Wildman–Crippen LogP) is 1.52. The first-order chi connectivity index (χ1) is 13.2. The smallest absolute Gasteiger partial charge is 0.191 e. The van der Waals surface area contributed by atoms with E-state index in [1.807, 2.05) is 13.0 Å². The van der Waals surface area contributed by atoms with Crippen LogP contribution in [-0.2, 0) is 11.2 Å². The average Bonchev–Trinajstić information content (AvgIpc) is 2.68. The molecule has 1 fully saturated rings. The molecule has 0 aromatic heterocycles. The Kier molecular flexibility index (Phi) is 9.21. The maximum absolute atomic E-state index is 5.77. The Morgan fingerprint density at radius 1 is 1.33 bits per heavy atom. The highest BCUT2D eigenvalue weighted by molar-refractivity contribution is 5.79. The number of ether oxygens (including phenoxy) is 3. The monoisotopic (exact) mass is 378 g/mol. The summed E-state index contributed by atoms with van der Waals surface area (Å²) in [5.74, 6) is 2.40. The zero-order valence-electron chi connectivity index (χ0n) is 17.1. The maximum atomic E-state index is 5.77. The lowest BCUT2D eigenvalue weighted by molar-refractivity contribution is -0.0161. The fourth-order valence-electron chi connectivity index (χ4n) is 3.07. The molecule has 152 valence electrons. The van der Waals surface area contributed by atoms with E-state index in [4.69, 9.17) is 14.2 Å². The minimum absolute atomic E-state index is 0.207. The van der Waals surface area contributed by atoms with E-state index in [0.717, 1.165) is 63.1 Å². The Hall–Kier alpha value is -1.99. The van der Waals surface area contributed by atoms with Crippen molar-refractivity contribution in [2.45, 2.75) is 25.9 Å². The van der Waals surface area contributed by atoms with Crippen LogP contribution in [0.5, 0.6) is 11.5 Å². The van der Waals surface area contributed by atoms with Gasteiger partial charge in [0, 0.05) is 33.2 Å². The molecule has 2 N–H and O–H groups in total. The van der Waals surface area contributed by atoms with Gasteiger partial charge in [0.2, 0.25) is 0 Å². The molecule has 1 unspecified atom stereocenters. The number of methoxy groups -OCH3 is 1. The van der Waals surface area contributed by atoms with E-state index in [2.05, 4.69) is 39.7 Å². The van der Waals surface area contributed by atoms with E-state index in [-0.39, 0.29) is 6.10 Å². The number of guanidine groups is 1. The Morgan fingerprint density at radius 2 is 2.19 bits per heavy atom. The van der Waals surface area contributed by atoms with Crippen molar-refractivity contribution in [1.29, 1.82) is 0 Å². The molecule has 0 spiro atoms. The lowest BCUT2D eigenvalue weighted by Crippen LogP contribution is -2.48. The van der Waals surface area contributed by atoms with E-state index in [0.29, 0.717) is 6.61 Å². The van der Waals surface area contributed by atoms with Gasteiger partial charge < -0.3 is 29.7 Å². The molecule has 1 aliphatic rings. The summed E-state index contributed by atoms with van der Waals surface area (Å²) in [5.41, 5.74) is 1.24. The Morgan fingerprint density at radius 3 is 2.89 bits per heavy atom. The van der Waals surface area contributed by atoms with Crippen molar-refractivity contribution in [1.82, 2.24) is 15.5 Å². The molecule has 1 aromatic carbocycles. The molecule has 0 bridgehead atoms. The van der Waals surface area contributed by atoms with Gasteiger partial charge in [-0.15, -0.1) is 0 Å². The second-order valence-corrected chi connectivity index (χ2v) is 6.66. The average molecular weight is 379 g/mol. The third-order valence-electron chi connectivity index (χ3n) is 4.53. The molecule has 7 nitrogen and oxygen atoms in total. The summed E-state index contributed by atoms with van der Waals surface area (Å²) < 4.78 is 16.7. The first kappa shape index (κ1) is 21.3. The summed E-state index contributed by atoms with van der Waals surface area (Å²) in [6.07, 6.45) is 2.17. The molecule has 0 amide bonds. The van der Waals surface area contributed by atoms with Crippen LogP contribution in [0.25, 0.3) is 0 Å². The zero-order chi connectivity index (χ0) is 19.5. The van der Waals surface area contributed by atoms with Gasteiger partial charge in [-0.2, -0.15) is 0 Å². The fraction of sp³-hybridized carbons (Fsp3) is 0.650. The lowest BCUT2D eigenvalue weighted by atomic mass is 10.1. The Balaban J connectivity index is 1.70. The maximum Gasteiger partial charge on any atom is 0.191 e. The van der Waals surface area contributed by atoms with Crippen LogP contribution in [0.4, 0.5) is 0 Å². The highest BCUT2D eigenvalue weighted by Gasteiger charge is 2.17. The number of nitrogens with one attached hydrogen (secondary N) is 2. The summed E-state index contributed by atoms with van der Waals surface area (Å²) >= 11 is 0. The van der Waals surface area contributed by atoms with Crippen molar-refractivity contribution in [2.75, 3.05) is 60.6 Å². The number of morpholine rings is 1. The van der Waals surface area contributed by atoms with Crippen molar-refractivity contribution < 1.29 is 14.2 Å². The van der Waals surface area contributed by atoms with Crippen molar-refractivity contribution in [3.63, 3.8) is 0 Å². The molecule has 0 aliphatic carbocycles. The molecule has 1 saturated heterocycles. The van der Waals surface area contributed by atoms with Crippen molar-refractivity contribution in [3.8, 4) is 11.5 Å². The number of benzene rings is 1. The molecular weight excluding hydrogens is 344 g/mol. The molecule has 1 atom stereocenters. The fourth-order valence-corrected chi connectivity index (χ4v) is 3.07. The summed E-state index contributed by atoms with van der Waals surface area (Å²) in [6.45, 7) is 6.96. The largest absolute Gasteiger partial charge is 0.493 e. The summed E-state index contributed by atoms with van der Waals surface area (Å²) in [5, 5.41) is 6.72. The lowest BCUT2D eigenvalue weighted by Gasteiger charge is -2.30. The number of nitrogens with zero attached hydrogens (tertiary/aromatic N) is 2. The van der Waals surface area contributed by atoms with Gasteiger partial charge in [0.25, 0.3) is 0 Å². The van der Waals surface area contributed by atoms with Crippen molar-refractivity contribution in [3.05, 3.63) is 23.8 Å². The normalized spacial score (nSPS) is 18.2. The van der Waals surface area contributed by atoms with Crippen molar-refractivity contribution >= 4 is 5.96 Å². The molecule has 1 aromatic rings. The molecule has 2 rings (SSSR count). The van der Waals surface area contributed by atoms with Crippen LogP contribution in [0.2, 0.25) is 0 Å². The van der Waals surface area contributed by atoms with Gasteiger partial charge in [-0.3, -0.25) is 4.99 Å². The van der Waals surface area contributed by atoms with E-state index < -0.39 is 0 Å². The Bertz CT molecular complexity index is 595. The van der Waals surface area contributed by atoms with Crippen molar-refractivity contribution in [2.24, 2.45) is 4.99 Å². The van der Waals surface area contributed by atoms with Gasteiger partial charge in [0.1, 0.15) is 0 Å². The third kappa shape index (κ3) is 7.27. The van der Waals surface area contributed by atoms with Crippen LogP contribution in [0.15, 0.2) is 23.2 Å². The first-order valence-corrected chi connectivity index (χ1v) is 9.70. The first-order valence-electron chi connectivity index (χ1n) is 9.70. The molecule has 27 heavy (non-hydrogen) atoms. The standard InChI is InChI=1S/C20H34N4O3/c1-5-26-19-13-16(8-9-18(19)25-4)7-6-10-22-20(21-2)23-14-17-15-24(3)11-12-27-17/h8-9,13,17H,5-7,10-12,14-15H2,1-4H3,(H2,21,22,23). The summed E-state index contributed by atoms with van der Waals surface area (Å²) in [6, 6.07) is 6.12. The highest BCUT2D eigenvalue weighted by Crippen LogP contribution is 2.28. The second kappa shape index (κ2) is 11.7. The molecule has 0 saturated carbocycles. The van der Waals surface area contributed by atoms with Crippen LogP contribution >= 0.6 is 0 Å². The summed E-state index contributed by atoms with van der Waals surface area (Å²) in [7, 11) is 5.58. The number of likely N-dealkylation sites (N-methyl/N-ethyl adjacent to an activating group) is 1. The SMILES string of the molecule is CCOc1cc(CCCNC(=NC)NCC2CN(C)CCO2)ccc1OC. The van der Waals surface area contributed by atoms with E-state index in [1.165, 1.54) is 5.56 Å². The number of rotatable bonds is 9. The van der Waals surface area contributed by atoms with Gasteiger partial charge in [0.05, 0.1) is 26.4 Å². The molecule has 7 heteroatoms. The quantitative estimate of drug-likeness (QED) is 0.386. The summed E-state index contributed by atoms with van der Waals surface area (Å²) in [4.78, 5) is 6.57. The number of aliphatic imine (C=N–C) groups is 1. The van der Waals surface area contributed by atoms with Crippen LogP contribution in [0.1, 0.15) is 18.9 Å². The van der Waals surface area contributed by atoms with E-state index >= 15 is 0 Å². The molecule has 1 heterocycles. The number of aryl methyl sites for hydroxylation is 1. The minimum Gasteiger partial charge on any atom is -0.493 e. The Labute approximate surface area is 163 Å². The second-order valence-electron chi connectivity index (χ2n) is 6.66. The van der Waals surface area contributed by atoms with Crippen LogP contribution < -0.4 is 20.1 Å². The topological polar surface area (TPSA) is 67.4 Å². The zero-order valence-corrected chi connectivity index (χ0v) is 17.1. The number of hydrogen-bond donors (Lipinski definition) is 2. The van der Waals surface area contributed by atoms with Gasteiger partial charge >= 0.3 is 0 Å². The van der Waals surface area contributed by atoms with Crippen LogP contribution in [0, 0.1) is 0 Å². The highest BCUT2D eigenvalue weighted by atomic mass is 16.5. The van der Waals surface area contributed by atoms with E-state index in [9.17, 15) is 0 Å². The van der Waals surface area contributed by atoms with Crippen LogP contribution in [0.3, 0.4) is 0 Å². The minimum atomic E-state index is 0.207. The van der Waals surface area contributed by atoms with Gasteiger partial charge in [-0.1, -0.05) is 6.07 Å². The van der Waals surface area contributed by atoms with E-state index in [1.54, 1.807) is 14.2 Å². The predicted molar refractivity (Wildman–Crippen MR) is 109 cm³/mol. The third-order valence-corrected chi connectivity index (χ3v) is 4.53. The van der Waals surface area contributed by atoms with Crippen LogP contribution in [-0.4, -0.2) is 77.6 Å². The van der Waals surface area contributed by atoms with Gasteiger partial charge in [0.15, 0.2) is 17.5 Å². The van der Waals surface area contributed by atoms with Gasteiger partial charge in [-0.05, 0) is 44.5 Å². The molecule has 1 aliphatic heterocycles. The number of hydrogen-bond acceptors (Lipinski definition) is 5. The molecule has 0 radical (unpaired) electrons. The molecular formula is C20H34N4O3. The van der Waals surface area contributed by atoms with Gasteiger partial charge in [-0.25, -0.2) is 0 Å².